The van der Waals surface area contributed by atoms with Crippen LogP contribution in [0.3, 0.4) is 0 Å². The van der Waals surface area contributed by atoms with Gasteiger partial charge in [0.15, 0.2) is 12.4 Å². The Labute approximate surface area is 264 Å². The highest BCUT2D eigenvalue weighted by molar-refractivity contribution is 6.66. The molecule has 5 heterocycles. The molecule has 0 radical (unpaired) electrons. The molecule has 0 spiro atoms. The number of quaternary nitrogens is 1. The summed E-state index contributed by atoms with van der Waals surface area (Å²) in [6.45, 7) is 4.10. The fourth-order valence-corrected chi connectivity index (χ4v) is 5.96. The molecule has 0 bridgehead atoms. The molecule has 0 fully saturated rings. The maximum absolute atomic E-state index is 12.8. The van der Waals surface area contributed by atoms with Gasteiger partial charge in [0.2, 0.25) is 11.7 Å². The zero-order valence-electron chi connectivity index (χ0n) is 25.7. The van der Waals surface area contributed by atoms with Crippen LogP contribution < -0.4 is 24.2 Å². The van der Waals surface area contributed by atoms with E-state index in [1.165, 1.54) is 0 Å². The highest BCUT2D eigenvalue weighted by Gasteiger charge is 2.42. The number of aliphatic hydroxyl groups is 2. The van der Waals surface area contributed by atoms with E-state index >= 15 is 0 Å². The number of nitrogens with zero attached hydrogens (tertiary/aromatic N) is 5. The lowest BCUT2D eigenvalue weighted by atomic mass is 9.88. The normalized spacial score (nSPS) is 21.9. The first-order valence-corrected chi connectivity index (χ1v) is 15.0. The predicted molar refractivity (Wildman–Crippen MR) is 164 cm³/mol. The Morgan fingerprint density at radius 1 is 1.33 bits per heavy atom. The van der Waals surface area contributed by atoms with E-state index in [4.69, 9.17) is 24.4 Å². The molecule has 4 aliphatic heterocycles. The highest BCUT2D eigenvalue weighted by atomic mass is 16.6. The summed E-state index contributed by atoms with van der Waals surface area (Å²) in [6.07, 6.45) is 8.36. The molecule has 4 N–H and O–H groups in total. The quantitative estimate of drug-likeness (QED) is 0.195. The van der Waals surface area contributed by atoms with Gasteiger partial charge in [-0.25, -0.2) is 19.7 Å². The van der Waals surface area contributed by atoms with Crippen LogP contribution in [0.4, 0.5) is 5.95 Å². The lowest BCUT2D eigenvalue weighted by Gasteiger charge is -2.29. The van der Waals surface area contributed by atoms with Crippen LogP contribution in [0.5, 0.6) is 17.2 Å². The molecule has 3 atom stereocenters. The number of ether oxygens (including phenoxy) is 4. The number of guanidine groups is 1. The van der Waals surface area contributed by atoms with E-state index in [0.29, 0.717) is 70.8 Å². The summed E-state index contributed by atoms with van der Waals surface area (Å²) < 4.78 is 25.3. The van der Waals surface area contributed by atoms with Crippen LogP contribution in [0.25, 0.3) is 5.57 Å². The maximum atomic E-state index is 12.8. The Balaban J connectivity index is 1.35. The number of nitrogens with one attached hydrogen (secondary N) is 2. The Kier molecular flexibility index (Phi) is 8.46. The first-order chi connectivity index (χ1) is 22.1. The van der Waals surface area contributed by atoms with Gasteiger partial charge in [-0.3, -0.25) is 9.98 Å². The molecule has 2 aromatic rings. The zero-order valence-corrected chi connectivity index (χ0v) is 25.7. The third-order valence-corrected chi connectivity index (χ3v) is 8.25. The Bertz CT molecular complexity index is 1740. The van der Waals surface area contributed by atoms with Crippen molar-refractivity contribution in [3.05, 3.63) is 47.5 Å². The summed E-state index contributed by atoms with van der Waals surface area (Å²) >= 11 is 0. The first kappa shape index (κ1) is 31.1. The molecule has 0 aliphatic carbocycles. The molecule has 1 aromatic heterocycles. The van der Waals surface area contributed by atoms with Crippen molar-refractivity contribution >= 4 is 40.9 Å². The van der Waals surface area contributed by atoms with Crippen molar-refractivity contribution < 1.29 is 44.0 Å². The maximum Gasteiger partial charge on any atom is 0.374 e. The Hall–Kier alpha value is -4.86. The van der Waals surface area contributed by atoms with Gasteiger partial charge in [-0.1, -0.05) is 6.08 Å². The van der Waals surface area contributed by atoms with E-state index in [1.54, 1.807) is 45.5 Å². The van der Waals surface area contributed by atoms with E-state index in [9.17, 15) is 20.1 Å². The van der Waals surface area contributed by atoms with Gasteiger partial charge in [-0.2, -0.15) is 9.98 Å². The van der Waals surface area contributed by atoms with E-state index < -0.39 is 23.6 Å². The van der Waals surface area contributed by atoms with Crippen molar-refractivity contribution in [3.63, 3.8) is 0 Å². The lowest BCUT2D eigenvalue weighted by molar-refractivity contribution is -0.730. The smallest absolute Gasteiger partial charge is 0.374 e. The molecule has 6 rings (SSSR count). The average molecular weight is 634 g/mol. The largest absolute Gasteiger partial charge is 0.857 e. The SMILES string of the molecule is CCOC(=O)C1=CC(=CCn2ccnc2[NH+]2CN=C3C([O-])=NC(=N)N=C32)c2c(cc3c(c2OC)CC(C(C)(O)CCCCO)O3)O1. The lowest BCUT2D eigenvalue weighted by Crippen LogP contribution is -3.10. The fraction of sp³-hybridized carbons (Fsp3) is 0.419. The number of methoxy groups -OCH3 is 1. The van der Waals surface area contributed by atoms with E-state index in [1.807, 2.05) is 10.6 Å². The summed E-state index contributed by atoms with van der Waals surface area (Å²) in [5, 5.41) is 40.5. The zero-order chi connectivity index (χ0) is 32.6. The van der Waals surface area contributed by atoms with Gasteiger partial charge in [-0.05, 0) is 44.8 Å². The minimum Gasteiger partial charge on any atom is -0.857 e. The van der Waals surface area contributed by atoms with Crippen LogP contribution in [0.15, 0.2) is 51.3 Å². The second-order valence-electron chi connectivity index (χ2n) is 11.3. The topological polar surface area (TPSA) is 201 Å². The Morgan fingerprint density at radius 3 is 2.91 bits per heavy atom. The number of imidazole rings is 1. The third kappa shape index (κ3) is 5.68. The van der Waals surface area contributed by atoms with Crippen molar-refractivity contribution in [3.8, 4) is 17.2 Å². The van der Waals surface area contributed by atoms with Crippen LogP contribution >= 0.6 is 0 Å². The summed E-state index contributed by atoms with van der Waals surface area (Å²) in [4.78, 5) is 29.9. The van der Waals surface area contributed by atoms with Gasteiger partial charge in [0.05, 0.1) is 31.1 Å². The van der Waals surface area contributed by atoms with Crippen LogP contribution in [0.2, 0.25) is 0 Å². The number of aliphatic hydroxyl groups excluding tert-OH is 1. The number of unbranched alkanes of at least 4 members (excludes halogenated alkanes) is 1. The van der Waals surface area contributed by atoms with Crippen LogP contribution in [0, 0.1) is 5.41 Å². The van der Waals surface area contributed by atoms with Crippen molar-refractivity contribution in [2.75, 3.05) is 27.0 Å². The third-order valence-electron chi connectivity index (χ3n) is 8.25. The van der Waals surface area contributed by atoms with Crippen molar-refractivity contribution in [2.24, 2.45) is 15.0 Å². The number of aliphatic imine (C=N–C) groups is 3. The minimum absolute atomic E-state index is 0.0143. The van der Waals surface area contributed by atoms with Crippen LogP contribution in [-0.4, -0.2) is 87.8 Å². The number of carbonyl (C=O) groups excluding carboxylic acids is 1. The molecule has 4 aliphatic rings. The number of rotatable bonds is 11. The molecular weight excluding hydrogens is 598 g/mol. The van der Waals surface area contributed by atoms with Gasteiger partial charge in [0.1, 0.15) is 23.4 Å². The number of benzene rings is 1. The fourth-order valence-electron chi connectivity index (χ4n) is 5.96. The van der Waals surface area contributed by atoms with Crippen LogP contribution in [0.1, 0.15) is 44.2 Å². The van der Waals surface area contributed by atoms with E-state index in [2.05, 4.69) is 20.0 Å². The van der Waals surface area contributed by atoms with Crippen molar-refractivity contribution in [1.82, 2.24) is 9.55 Å². The predicted octanol–water partition coefficient (Wildman–Crippen LogP) is 0.0660. The van der Waals surface area contributed by atoms with Gasteiger partial charge >= 0.3 is 11.9 Å². The van der Waals surface area contributed by atoms with E-state index in [0.717, 1.165) is 5.56 Å². The molecular formula is C31H35N7O8. The first-order valence-electron chi connectivity index (χ1n) is 15.0. The number of hydrogen-bond acceptors (Lipinski definition) is 11. The number of allylic oxidation sites excluding steroid dienone is 3. The van der Waals surface area contributed by atoms with Crippen molar-refractivity contribution in [1.29, 1.82) is 5.41 Å². The number of amidine groups is 1. The number of hydrogen-bond donors (Lipinski definition) is 4. The molecule has 242 valence electrons. The Morgan fingerprint density at radius 2 is 2.15 bits per heavy atom. The molecule has 1 aromatic carbocycles. The van der Waals surface area contributed by atoms with Gasteiger partial charge in [0.25, 0.3) is 5.84 Å². The summed E-state index contributed by atoms with van der Waals surface area (Å²) in [7, 11) is 1.54. The average Bonchev–Trinajstić information content (AvgIpc) is 3.77. The second kappa shape index (κ2) is 12.5. The van der Waals surface area contributed by atoms with E-state index in [-0.39, 0.29) is 43.9 Å². The number of aromatic nitrogens is 2. The molecule has 3 unspecified atom stereocenters. The van der Waals surface area contributed by atoms with Gasteiger partial charge in [0, 0.05) is 43.3 Å². The number of esters is 1. The van der Waals surface area contributed by atoms with Crippen LogP contribution in [-0.2, 0) is 22.5 Å². The van der Waals surface area contributed by atoms with Gasteiger partial charge < -0.3 is 34.3 Å². The number of carbonyl (C=O) groups is 1. The summed E-state index contributed by atoms with van der Waals surface area (Å²) in [5.41, 5.74) is 0.953. The molecule has 15 heteroatoms. The highest BCUT2D eigenvalue weighted by Crippen LogP contribution is 2.50. The monoisotopic (exact) mass is 633 g/mol. The number of fused-ring (bicyclic) bond motifs is 3. The molecule has 15 nitrogen and oxygen atoms in total. The minimum atomic E-state index is -1.16. The molecule has 0 saturated heterocycles. The molecule has 0 amide bonds. The standard InChI is InChI=1S/C31H35N7O8/c1-4-44-28(41)21-13-17(7-10-37-11-9-33-30(37)38-16-34-24-26(38)35-29(32)36-27(24)40)23-20(45-21)15-19-18(25(23)43-3)14-22(46-19)31(2,42)8-5-6-12-39/h7,9,11,13,15,22,39,42H,4-6,8,10,12,14,16H2,1-3H3,(H2,32,36,40). The molecule has 46 heavy (non-hydrogen) atoms. The van der Waals surface area contributed by atoms with Crippen molar-refractivity contribution in [2.45, 2.75) is 57.8 Å². The molecule has 0 saturated carbocycles. The summed E-state index contributed by atoms with van der Waals surface area (Å²) in [5.74, 6) is 0.510. The second-order valence-corrected chi connectivity index (χ2v) is 11.3. The summed E-state index contributed by atoms with van der Waals surface area (Å²) in [6, 6.07) is 1.70. The van der Waals surface area contributed by atoms with Gasteiger partial charge in [-0.15, -0.1) is 0 Å².